The number of pyridine rings is 1. The molecule has 1 aliphatic carbocycles. The fraction of sp³-hybridized carbons (Fsp3) is 0.273. The molecule has 1 aromatic carbocycles. The summed E-state index contributed by atoms with van der Waals surface area (Å²) in [5.41, 5.74) is 1.72. The van der Waals surface area contributed by atoms with Gasteiger partial charge in [0.05, 0.1) is 16.7 Å². The van der Waals surface area contributed by atoms with Crippen LogP contribution in [0.4, 0.5) is 21.8 Å². The van der Waals surface area contributed by atoms with Crippen molar-refractivity contribution >= 4 is 35.0 Å². The standard InChI is InChI=1S/C22H21ClFN5O3/c23-18-8-15(3-6-19(18)24)28-22-26-11-17(12-7-13(21(31)32)10-25-9-12)20(29-22)27-14-1-4-16(30)5-2-14/h3,6-11,14,16,30H,1-2,4-5H2,(H,31,32)(H2,26,27,28,29)/t14-,16-. The Morgan fingerprint density at radius 1 is 1.12 bits per heavy atom. The summed E-state index contributed by atoms with van der Waals surface area (Å²) in [4.78, 5) is 24.3. The van der Waals surface area contributed by atoms with Crippen LogP contribution in [0.25, 0.3) is 11.1 Å². The van der Waals surface area contributed by atoms with Crippen molar-refractivity contribution in [2.45, 2.75) is 37.8 Å². The van der Waals surface area contributed by atoms with Gasteiger partial charge >= 0.3 is 5.97 Å². The number of hydrogen-bond donors (Lipinski definition) is 4. The van der Waals surface area contributed by atoms with Gasteiger partial charge in [-0.2, -0.15) is 4.98 Å². The molecule has 2 heterocycles. The highest BCUT2D eigenvalue weighted by atomic mass is 35.5. The molecule has 2 aromatic heterocycles. The SMILES string of the molecule is O=C(O)c1cncc(-c2cnc(Nc3ccc(F)c(Cl)c3)nc2N[C@H]2CC[C@H](O)CC2)c1. The predicted octanol–water partition coefficient (Wildman–Crippen LogP) is 4.49. The van der Waals surface area contributed by atoms with Crippen molar-refractivity contribution in [1.29, 1.82) is 0 Å². The quantitative estimate of drug-likeness (QED) is 0.427. The Labute approximate surface area is 188 Å². The molecule has 0 bridgehead atoms. The molecule has 0 amide bonds. The van der Waals surface area contributed by atoms with Crippen molar-refractivity contribution in [1.82, 2.24) is 15.0 Å². The summed E-state index contributed by atoms with van der Waals surface area (Å²) in [6.45, 7) is 0. The number of anilines is 3. The Hall–Kier alpha value is -3.30. The molecule has 166 valence electrons. The van der Waals surface area contributed by atoms with E-state index in [-0.39, 0.29) is 28.7 Å². The van der Waals surface area contributed by atoms with Gasteiger partial charge in [-0.15, -0.1) is 0 Å². The van der Waals surface area contributed by atoms with Crippen molar-refractivity contribution in [3.8, 4) is 11.1 Å². The number of carboxylic acids is 1. The minimum Gasteiger partial charge on any atom is -0.478 e. The highest BCUT2D eigenvalue weighted by Gasteiger charge is 2.22. The van der Waals surface area contributed by atoms with E-state index in [1.54, 1.807) is 12.4 Å². The van der Waals surface area contributed by atoms with Crippen LogP contribution in [0, 0.1) is 5.82 Å². The second kappa shape index (κ2) is 9.46. The molecular formula is C22H21ClFN5O3. The van der Waals surface area contributed by atoms with Crippen LogP contribution in [0.1, 0.15) is 36.0 Å². The number of aromatic carboxylic acids is 1. The molecule has 0 unspecified atom stereocenters. The molecule has 1 saturated carbocycles. The lowest BCUT2D eigenvalue weighted by Crippen LogP contribution is -2.28. The number of carboxylic acid groups (broad SMARTS) is 1. The lowest BCUT2D eigenvalue weighted by Gasteiger charge is -2.27. The third kappa shape index (κ3) is 5.12. The number of carbonyl (C=O) groups is 1. The minimum atomic E-state index is -1.08. The molecule has 4 N–H and O–H groups in total. The lowest BCUT2D eigenvalue weighted by molar-refractivity contribution is 0.0696. The summed E-state index contributed by atoms with van der Waals surface area (Å²) in [5, 5.41) is 25.5. The zero-order valence-electron chi connectivity index (χ0n) is 16.9. The summed E-state index contributed by atoms with van der Waals surface area (Å²) in [6.07, 6.45) is 7.02. The average Bonchev–Trinajstić information content (AvgIpc) is 2.78. The Kier molecular flexibility index (Phi) is 6.48. The zero-order chi connectivity index (χ0) is 22.7. The molecule has 3 aromatic rings. The van der Waals surface area contributed by atoms with Gasteiger partial charge in [0.25, 0.3) is 0 Å². The Morgan fingerprint density at radius 3 is 2.62 bits per heavy atom. The molecule has 0 saturated heterocycles. The van der Waals surface area contributed by atoms with E-state index in [2.05, 4.69) is 25.6 Å². The number of aliphatic hydroxyl groups is 1. The second-order valence-electron chi connectivity index (χ2n) is 7.63. The fourth-order valence-corrected chi connectivity index (χ4v) is 3.76. The largest absolute Gasteiger partial charge is 0.478 e. The van der Waals surface area contributed by atoms with E-state index in [4.69, 9.17) is 11.6 Å². The molecule has 8 nitrogen and oxygen atoms in total. The topological polar surface area (TPSA) is 120 Å². The van der Waals surface area contributed by atoms with Gasteiger partial charge in [-0.05, 0) is 49.9 Å². The number of aliphatic hydroxyl groups excluding tert-OH is 1. The number of nitrogens with one attached hydrogen (secondary N) is 2. The van der Waals surface area contributed by atoms with Crippen molar-refractivity contribution < 1.29 is 19.4 Å². The molecule has 0 aliphatic heterocycles. The smallest absolute Gasteiger partial charge is 0.337 e. The first kappa shape index (κ1) is 21.9. The summed E-state index contributed by atoms with van der Waals surface area (Å²) >= 11 is 5.85. The third-order valence-corrected chi connectivity index (χ3v) is 5.59. The number of halogens is 2. The average molecular weight is 458 g/mol. The summed E-state index contributed by atoms with van der Waals surface area (Å²) in [6, 6.07) is 5.81. The highest BCUT2D eigenvalue weighted by molar-refractivity contribution is 6.31. The van der Waals surface area contributed by atoms with E-state index in [1.165, 1.54) is 30.5 Å². The molecule has 0 atom stereocenters. The van der Waals surface area contributed by atoms with Crippen molar-refractivity contribution in [2.24, 2.45) is 0 Å². The van der Waals surface area contributed by atoms with Crippen LogP contribution < -0.4 is 10.6 Å². The van der Waals surface area contributed by atoms with Crippen LogP contribution in [0.2, 0.25) is 5.02 Å². The maximum absolute atomic E-state index is 13.5. The second-order valence-corrected chi connectivity index (χ2v) is 8.03. The minimum absolute atomic E-state index is 0.0257. The normalized spacial score (nSPS) is 18.2. The van der Waals surface area contributed by atoms with Crippen molar-refractivity contribution in [3.05, 3.63) is 59.3 Å². The zero-order valence-corrected chi connectivity index (χ0v) is 17.7. The van der Waals surface area contributed by atoms with Gasteiger partial charge in [0, 0.05) is 41.4 Å². The molecule has 1 aliphatic rings. The van der Waals surface area contributed by atoms with Gasteiger partial charge in [0.1, 0.15) is 11.6 Å². The van der Waals surface area contributed by atoms with Gasteiger partial charge in [0.2, 0.25) is 5.95 Å². The van der Waals surface area contributed by atoms with E-state index in [9.17, 15) is 19.4 Å². The molecular weight excluding hydrogens is 437 g/mol. The number of rotatable bonds is 6. The maximum atomic E-state index is 13.5. The molecule has 0 spiro atoms. The van der Waals surface area contributed by atoms with Gasteiger partial charge in [-0.1, -0.05) is 11.6 Å². The van der Waals surface area contributed by atoms with Gasteiger partial charge in [-0.25, -0.2) is 14.2 Å². The Bertz CT molecular complexity index is 1140. The first-order valence-corrected chi connectivity index (χ1v) is 10.5. The monoisotopic (exact) mass is 457 g/mol. The number of benzene rings is 1. The van der Waals surface area contributed by atoms with E-state index in [0.717, 1.165) is 12.8 Å². The van der Waals surface area contributed by atoms with Gasteiger partial charge in [0.15, 0.2) is 0 Å². The van der Waals surface area contributed by atoms with Crippen LogP contribution in [0.15, 0.2) is 42.9 Å². The molecule has 4 rings (SSSR count). The number of aromatic nitrogens is 3. The van der Waals surface area contributed by atoms with E-state index in [1.807, 2.05) is 0 Å². The number of hydrogen-bond acceptors (Lipinski definition) is 7. The van der Waals surface area contributed by atoms with Crippen LogP contribution >= 0.6 is 11.6 Å². The van der Waals surface area contributed by atoms with Gasteiger partial charge < -0.3 is 20.8 Å². The first-order valence-electron chi connectivity index (χ1n) is 10.1. The van der Waals surface area contributed by atoms with Crippen molar-refractivity contribution in [3.63, 3.8) is 0 Å². The Morgan fingerprint density at radius 2 is 1.91 bits per heavy atom. The fourth-order valence-electron chi connectivity index (χ4n) is 3.58. The van der Waals surface area contributed by atoms with Crippen LogP contribution in [-0.2, 0) is 0 Å². The predicted molar refractivity (Wildman–Crippen MR) is 119 cm³/mol. The summed E-state index contributed by atoms with van der Waals surface area (Å²) < 4.78 is 13.5. The highest BCUT2D eigenvalue weighted by Crippen LogP contribution is 2.31. The van der Waals surface area contributed by atoms with E-state index >= 15 is 0 Å². The van der Waals surface area contributed by atoms with Crippen molar-refractivity contribution in [2.75, 3.05) is 10.6 Å². The molecule has 10 heteroatoms. The van der Waals surface area contributed by atoms with Crippen LogP contribution in [0.3, 0.4) is 0 Å². The first-order chi connectivity index (χ1) is 15.4. The van der Waals surface area contributed by atoms with Crippen LogP contribution in [-0.4, -0.2) is 43.3 Å². The third-order valence-electron chi connectivity index (χ3n) is 5.30. The Balaban J connectivity index is 1.67. The van der Waals surface area contributed by atoms with Crippen LogP contribution in [0.5, 0.6) is 0 Å². The van der Waals surface area contributed by atoms with E-state index in [0.29, 0.717) is 35.5 Å². The van der Waals surface area contributed by atoms with E-state index < -0.39 is 11.8 Å². The molecule has 32 heavy (non-hydrogen) atoms. The lowest BCUT2D eigenvalue weighted by atomic mass is 9.93. The molecule has 0 radical (unpaired) electrons. The summed E-state index contributed by atoms with van der Waals surface area (Å²) in [5.74, 6) is -0.845. The maximum Gasteiger partial charge on any atom is 0.337 e. The van der Waals surface area contributed by atoms with Gasteiger partial charge in [-0.3, -0.25) is 4.98 Å². The molecule has 1 fully saturated rings. The summed E-state index contributed by atoms with van der Waals surface area (Å²) in [7, 11) is 0. The number of nitrogens with zero attached hydrogens (tertiary/aromatic N) is 3.